The van der Waals surface area contributed by atoms with Crippen LogP contribution in [0.4, 0.5) is 22.7 Å². The largest absolute Gasteiger partial charge is 0.497 e. The van der Waals surface area contributed by atoms with E-state index in [1.165, 1.54) is 31.4 Å². The number of nitrogens with one attached hydrogen (secondary N) is 1. The standard InChI is InChI=1S/C25H22N4O5/c1-27(2)18-10-6-17(7-11-18)26-23-22(16-4-8-20(9-5-16)29(32)33)24(30)28(25(23)31)19-12-14-21(34-3)15-13-19/h4-15,26H,1-3H3. The van der Waals surface area contributed by atoms with Crippen LogP contribution in [0.15, 0.2) is 78.5 Å². The van der Waals surface area contributed by atoms with Gasteiger partial charge in [0.25, 0.3) is 17.5 Å². The first-order chi connectivity index (χ1) is 16.3. The lowest BCUT2D eigenvalue weighted by atomic mass is 10.0. The van der Waals surface area contributed by atoms with Gasteiger partial charge >= 0.3 is 0 Å². The van der Waals surface area contributed by atoms with E-state index in [1.807, 2.05) is 43.3 Å². The van der Waals surface area contributed by atoms with Gasteiger partial charge in [0.2, 0.25) is 0 Å². The predicted octanol–water partition coefficient (Wildman–Crippen LogP) is 4.07. The van der Waals surface area contributed by atoms with Crippen LogP contribution in [0.5, 0.6) is 5.75 Å². The Kier molecular flexibility index (Phi) is 6.01. The van der Waals surface area contributed by atoms with Crippen LogP contribution in [0.1, 0.15) is 5.56 Å². The summed E-state index contributed by atoms with van der Waals surface area (Å²) in [5, 5.41) is 14.1. The van der Waals surface area contributed by atoms with E-state index in [0.29, 0.717) is 22.7 Å². The molecular weight excluding hydrogens is 436 g/mol. The van der Waals surface area contributed by atoms with Crippen LogP contribution in [0.3, 0.4) is 0 Å². The number of hydrogen-bond donors (Lipinski definition) is 1. The first-order valence-corrected chi connectivity index (χ1v) is 10.4. The van der Waals surface area contributed by atoms with Gasteiger partial charge in [0.15, 0.2) is 0 Å². The second kappa shape index (κ2) is 9.07. The van der Waals surface area contributed by atoms with Gasteiger partial charge in [-0.15, -0.1) is 0 Å². The van der Waals surface area contributed by atoms with Gasteiger partial charge in [0.1, 0.15) is 11.4 Å². The summed E-state index contributed by atoms with van der Waals surface area (Å²) in [5.41, 5.74) is 2.49. The van der Waals surface area contributed by atoms with Crippen LogP contribution in [0, 0.1) is 10.1 Å². The second-order valence-corrected chi connectivity index (χ2v) is 7.76. The zero-order valence-corrected chi connectivity index (χ0v) is 18.8. The number of amides is 2. The number of ether oxygens (including phenoxy) is 1. The molecule has 34 heavy (non-hydrogen) atoms. The highest BCUT2D eigenvalue weighted by molar-refractivity contribution is 6.46. The van der Waals surface area contributed by atoms with E-state index in [0.717, 1.165) is 10.6 Å². The Bertz CT molecular complexity index is 1280. The third-order valence-corrected chi connectivity index (χ3v) is 5.43. The lowest BCUT2D eigenvalue weighted by Gasteiger charge is -2.16. The molecule has 3 aromatic carbocycles. The smallest absolute Gasteiger partial charge is 0.282 e. The molecule has 0 spiro atoms. The second-order valence-electron chi connectivity index (χ2n) is 7.76. The van der Waals surface area contributed by atoms with Crippen LogP contribution >= 0.6 is 0 Å². The minimum Gasteiger partial charge on any atom is -0.497 e. The number of anilines is 3. The van der Waals surface area contributed by atoms with E-state index < -0.39 is 16.7 Å². The fraction of sp³-hybridized carbons (Fsp3) is 0.120. The van der Waals surface area contributed by atoms with Crippen molar-refractivity contribution < 1.29 is 19.2 Å². The molecule has 4 rings (SSSR count). The maximum atomic E-state index is 13.5. The predicted molar refractivity (Wildman–Crippen MR) is 130 cm³/mol. The molecule has 172 valence electrons. The Balaban J connectivity index is 1.77. The van der Waals surface area contributed by atoms with Crippen molar-refractivity contribution in [3.8, 4) is 5.75 Å². The first kappa shape index (κ1) is 22.5. The van der Waals surface area contributed by atoms with Gasteiger partial charge in [-0.05, 0) is 66.2 Å². The highest BCUT2D eigenvalue weighted by Crippen LogP contribution is 2.35. The Hall–Kier alpha value is -4.66. The normalized spacial score (nSPS) is 13.3. The molecular formula is C25H22N4O5. The molecule has 1 N–H and O–H groups in total. The maximum Gasteiger partial charge on any atom is 0.282 e. The molecule has 9 heteroatoms. The maximum absolute atomic E-state index is 13.5. The summed E-state index contributed by atoms with van der Waals surface area (Å²) in [6, 6.07) is 19.5. The first-order valence-electron chi connectivity index (χ1n) is 10.4. The van der Waals surface area contributed by atoms with Crippen LogP contribution in [-0.2, 0) is 9.59 Å². The fourth-order valence-corrected chi connectivity index (χ4v) is 3.62. The Morgan fingerprint density at radius 1 is 0.882 bits per heavy atom. The summed E-state index contributed by atoms with van der Waals surface area (Å²) in [5.74, 6) is -0.470. The van der Waals surface area contributed by atoms with Crippen LogP contribution in [0.2, 0.25) is 0 Å². The summed E-state index contributed by atoms with van der Waals surface area (Å²) in [6.07, 6.45) is 0. The van der Waals surface area contributed by atoms with Crippen LogP contribution in [0.25, 0.3) is 5.57 Å². The van der Waals surface area contributed by atoms with E-state index in [1.54, 1.807) is 24.3 Å². The van der Waals surface area contributed by atoms with Crippen molar-refractivity contribution in [3.05, 3.63) is 94.2 Å². The van der Waals surface area contributed by atoms with Crippen molar-refractivity contribution in [2.45, 2.75) is 0 Å². The highest BCUT2D eigenvalue weighted by Gasteiger charge is 2.40. The van der Waals surface area contributed by atoms with Gasteiger partial charge in [-0.1, -0.05) is 0 Å². The molecule has 0 aromatic heterocycles. The van der Waals surface area contributed by atoms with Crippen molar-refractivity contribution in [2.75, 3.05) is 36.3 Å². The number of rotatable bonds is 7. The number of benzene rings is 3. The summed E-state index contributed by atoms with van der Waals surface area (Å²) < 4.78 is 5.16. The Morgan fingerprint density at radius 3 is 2.03 bits per heavy atom. The topological polar surface area (TPSA) is 105 Å². The quantitative estimate of drug-likeness (QED) is 0.323. The number of nitro groups is 1. The molecule has 0 aliphatic carbocycles. The molecule has 1 aliphatic rings. The van der Waals surface area contributed by atoms with Gasteiger partial charge in [0, 0.05) is 37.6 Å². The number of methoxy groups -OCH3 is 1. The summed E-state index contributed by atoms with van der Waals surface area (Å²) >= 11 is 0. The van der Waals surface area contributed by atoms with Crippen molar-refractivity contribution in [1.29, 1.82) is 0 Å². The third-order valence-electron chi connectivity index (χ3n) is 5.43. The number of nitrogens with zero attached hydrogens (tertiary/aromatic N) is 3. The zero-order chi connectivity index (χ0) is 24.4. The summed E-state index contributed by atoms with van der Waals surface area (Å²) in [6.45, 7) is 0. The van der Waals surface area contributed by atoms with Gasteiger partial charge in [0.05, 0.1) is 23.3 Å². The molecule has 0 fully saturated rings. The van der Waals surface area contributed by atoms with E-state index in [9.17, 15) is 19.7 Å². The molecule has 9 nitrogen and oxygen atoms in total. The lowest BCUT2D eigenvalue weighted by Crippen LogP contribution is -2.32. The number of carbonyl (C=O) groups excluding carboxylic acids is 2. The number of nitro benzene ring substituents is 1. The van der Waals surface area contributed by atoms with Crippen molar-refractivity contribution in [1.82, 2.24) is 0 Å². The molecule has 0 radical (unpaired) electrons. The number of hydrogen-bond acceptors (Lipinski definition) is 7. The molecule has 0 saturated heterocycles. The molecule has 1 aliphatic heterocycles. The minimum absolute atomic E-state index is 0.0901. The molecule has 0 atom stereocenters. The molecule has 3 aromatic rings. The fourth-order valence-electron chi connectivity index (χ4n) is 3.62. The van der Waals surface area contributed by atoms with E-state index in [4.69, 9.17) is 4.74 Å². The van der Waals surface area contributed by atoms with E-state index >= 15 is 0 Å². The molecule has 0 bridgehead atoms. The molecule has 0 unspecified atom stereocenters. The van der Waals surface area contributed by atoms with Crippen molar-refractivity contribution in [2.24, 2.45) is 0 Å². The number of imide groups is 1. The zero-order valence-electron chi connectivity index (χ0n) is 18.8. The van der Waals surface area contributed by atoms with Crippen LogP contribution in [-0.4, -0.2) is 37.9 Å². The SMILES string of the molecule is COc1ccc(N2C(=O)C(Nc3ccc(N(C)C)cc3)=C(c3ccc([N+](=O)[O-])cc3)C2=O)cc1. The Morgan fingerprint density at radius 2 is 1.50 bits per heavy atom. The van der Waals surface area contributed by atoms with Gasteiger partial charge < -0.3 is 15.0 Å². The molecule has 0 saturated carbocycles. The average Bonchev–Trinajstić information content (AvgIpc) is 3.08. The average molecular weight is 458 g/mol. The number of non-ortho nitro benzene ring substituents is 1. The van der Waals surface area contributed by atoms with Gasteiger partial charge in [-0.25, -0.2) is 4.90 Å². The summed E-state index contributed by atoms with van der Waals surface area (Å²) in [7, 11) is 5.37. The number of carbonyl (C=O) groups is 2. The van der Waals surface area contributed by atoms with Gasteiger partial charge in [-0.3, -0.25) is 19.7 Å². The molecule has 1 heterocycles. The van der Waals surface area contributed by atoms with Gasteiger partial charge in [-0.2, -0.15) is 0 Å². The summed E-state index contributed by atoms with van der Waals surface area (Å²) in [4.78, 5) is 40.5. The minimum atomic E-state index is -0.531. The Labute approximate surface area is 196 Å². The molecule has 2 amide bonds. The van der Waals surface area contributed by atoms with E-state index in [2.05, 4.69) is 5.32 Å². The monoisotopic (exact) mass is 458 g/mol. The van der Waals surface area contributed by atoms with E-state index in [-0.39, 0.29) is 17.0 Å². The lowest BCUT2D eigenvalue weighted by molar-refractivity contribution is -0.384. The van der Waals surface area contributed by atoms with Crippen molar-refractivity contribution in [3.63, 3.8) is 0 Å². The van der Waals surface area contributed by atoms with Crippen molar-refractivity contribution >= 4 is 40.1 Å². The van der Waals surface area contributed by atoms with Crippen LogP contribution < -0.4 is 19.9 Å². The third kappa shape index (κ3) is 4.18. The highest BCUT2D eigenvalue weighted by atomic mass is 16.6.